The smallest absolute Gasteiger partial charge is 0.410 e. The zero-order valence-electron chi connectivity index (χ0n) is 27.1. The van der Waals surface area contributed by atoms with Crippen molar-refractivity contribution in [3.05, 3.63) is 77.6 Å². The summed E-state index contributed by atoms with van der Waals surface area (Å²) in [4.78, 5) is 21.8. The molecule has 6 rings (SSSR count). The van der Waals surface area contributed by atoms with Gasteiger partial charge < -0.3 is 14.7 Å². The van der Waals surface area contributed by atoms with Gasteiger partial charge in [0.05, 0.1) is 0 Å². The zero-order chi connectivity index (χ0) is 32.1. The van der Waals surface area contributed by atoms with Crippen LogP contribution in [0.25, 0.3) is 33.3 Å². The van der Waals surface area contributed by atoms with Crippen LogP contribution in [-0.2, 0) is 24.2 Å². The number of likely N-dealkylation sites (tertiary alicyclic amines) is 1. The number of aliphatic hydroxyl groups is 1. The monoisotopic (exact) mass is 740 g/mol. The van der Waals surface area contributed by atoms with E-state index in [2.05, 4.69) is 84.8 Å². The molecule has 0 aliphatic carbocycles. The lowest BCUT2D eigenvalue weighted by atomic mass is 9.94. The van der Waals surface area contributed by atoms with E-state index in [4.69, 9.17) is 9.72 Å². The first-order chi connectivity index (χ1) is 21.7. The number of carbonyl (C=O) groups is 1. The van der Waals surface area contributed by atoms with Crippen molar-refractivity contribution in [1.82, 2.24) is 18.8 Å². The third-order valence-corrected chi connectivity index (χ3v) is 10.1. The minimum Gasteiger partial charge on any atom is -0.444 e. The second-order valence-electron chi connectivity index (χ2n) is 12.8. The van der Waals surface area contributed by atoms with Crippen LogP contribution < -0.4 is 0 Å². The number of pyridine rings is 1. The van der Waals surface area contributed by atoms with Gasteiger partial charge in [0.15, 0.2) is 5.65 Å². The molecule has 1 unspecified atom stereocenters. The van der Waals surface area contributed by atoms with Gasteiger partial charge in [-0.1, -0.05) is 56.3 Å². The molecule has 2 aromatic carbocycles. The lowest BCUT2D eigenvalue weighted by Gasteiger charge is -2.31. The van der Waals surface area contributed by atoms with Gasteiger partial charge in [0.25, 0.3) is 0 Å². The SMILES string of the molecule is CC.CC(C)(C)OC(=O)N1CCc2cc(-c3cn(SI)c4ncc(-c5ccc(CN6CCCC(CO)C6)cc5)cc34)ccc2C1. The molecule has 1 fully saturated rings. The number of rotatable bonds is 6. The van der Waals surface area contributed by atoms with Crippen LogP contribution in [0.5, 0.6) is 0 Å². The van der Waals surface area contributed by atoms with Crippen molar-refractivity contribution in [1.29, 1.82) is 0 Å². The maximum Gasteiger partial charge on any atom is 0.410 e. The molecule has 0 radical (unpaired) electrons. The molecule has 0 spiro atoms. The van der Waals surface area contributed by atoms with Crippen molar-refractivity contribution < 1.29 is 14.6 Å². The highest BCUT2D eigenvalue weighted by molar-refractivity contribution is 14.2. The van der Waals surface area contributed by atoms with E-state index in [9.17, 15) is 9.90 Å². The predicted molar refractivity (Wildman–Crippen MR) is 194 cm³/mol. The average molecular weight is 741 g/mol. The molecule has 240 valence electrons. The lowest BCUT2D eigenvalue weighted by Crippen LogP contribution is -2.39. The molecule has 7 nitrogen and oxygen atoms in total. The first kappa shape index (κ1) is 33.8. The van der Waals surface area contributed by atoms with Crippen LogP contribution >= 0.6 is 30.3 Å². The highest BCUT2D eigenvalue weighted by atomic mass is 127. The number of halogens is 1. The van der Waals surface area contributed by atoms with Gasteiger partial charge in [-0.05, 0) is 86.4 Å². The van der Waals surface area contributed by atoms with Crippen LogP contribution in [0.1, 0.15) is 64.2 Å². The summed E-state index contributed by atoms with van der Waals surface area (Å²) in [6, 6.07) is 17.7. The summed E-state index contributed by atoms with van der Waals surface area (Å²) in [5.41, 5.74) is 8.76. The quantitative estimate of drug-likeness (QED) is 0.200. The number of carbonyl (C=O) groups excluding carboxylic acids is 1. The summed E-state index contributed by atoms with van der Waals surface area (Å²) < 4.78 is 7.73. The normalized spacial score (nSPS) is 17.0. The van der Waals surface area contributed by atoms with E-state index < -0.39 is 5.60 Å². The van der Waals surface area contributed by atoms with E-state index in [1.807, 2.05) is 40.8 Å². The number of piperidine rings is 1. The summed E-state index contributed by atoms with van der Waals surface area (Å²) >= 11 is 2.31. The second-order valence-corrected chi connectivity index (χ2v) is 14.5. The first-order valence-corrected chi connectivity index (χ1v) is 19.3. The van der Waals surface area contributed by atoms with Crippen LogP contribution in [-0.4, -0.2) is 61.8 Å². The second kappa shape index (κ2) is 14.9. The number of amides is 1. The summed E-state index contributed by atoms with van der Waals surface area (Å²) in [6.45, 7) is 14.2. The van der Waals surface area contributed by atoms with E-state index in [-0.39, 0.29) is 12.7 Å². The number of nitrogens with zero attached hydrogens (tertiary/aromatic N) is 4. The van der Waals surface area contributed by atoms with Crippen LogP contribution in [0.15, 0.2) is 60.9 Å². The minimum absolute atomic E-state index is 0.252. The van der Waals surface area contributed by atoms with Crippen molar-refractivity contribution >= 4 is 47.5 Å². The van der Waals surface area contributed by atoms with Crippen LogP contribution in [0.3, 0.4) is 0 Å². The Bertz CT molecular complexity index is 1620. The Labute approximate surface area is 284 Å². The van der Waals surface area contributed by atoms with Crippen molar-refractivity contribution in [2.75, 3.05) is 26.2 Å². The Kier molecular flexibility index (Phi) is 11.2. The molecule has 0 saturated carbocycles. The number of hydrogen-bond acceptors (Lipinski definition) is 6. The highest BCUT2D eigenvalue weighted by Crippen LogP contribution is 2.37. The summed E-state index contributed by atoms with van der Waals surface area (Å²) in [5, 5.41) is 10.7. The van der Waals surface area contributed by atoms with Gasteiger partial charge in [-0.3, -0.25) is 8.87 Å². The fraction of sp³-hybridized carbons (Fsp3) is 0.444. The fourth-order valence-electron chi connectivity index (χ4n) is 6.23. The van der Waals surface area contributed by atoms with Crippen molar-refractivity contribution in [2.24, 2.45) is 5.92 Å². The van der Waals surface area contributed by atoms with Crippen molar-refractivity contribution in [2.45, 2.75) is 72.6 Å². The molecule has 2 aliphatic heterocycles. The molecular weight excluding hydrogens is 695 g/mol. The van der Waals surface area contributed by atoms with Gasteiger partial charge in [-0.2, -0.15) is 0 Å². The van der Waals surface area contributed by atoms with E-state index >= 15 is 0 Å². The number of ether oxygens (including phenoxy) is 1. The number of aliphatic hydroxyl groups excluding tert-OH is 1. The van der Waals surface area contributed by atoms with Gasteiger partial charge in [0.2, 0.25) is 0 Å². The van der Waals surface area contributed by atoms with E-state index in [0.717, 1.165) is 72.2 Å². The zero-order valence-corrected chi connectivity index (χ0v) is 30.0. The van der Waals surface area contributed by atoms with E-state index in [0.29, 0.717) is 19.0 Å². The van der Waals surface area contributed by atoms with Gasteiger partial charge in [-0.25, -0.2) is 9.78 Å². The predicted octanol–water partition coefficient (Wildman–Crippen LogP) is 8.74. The molecule has 1 N–H and O–H groups in total. The Morgan fingerprint density at radius 2 is 1.80 bits per heavy atom. The van der Waals surface area contributed by atoms with Crippen molar-refractivity contribution in [3.63, 3.8) is 0 Å². The Hall–Kier alpha value is -2.60. The summed E-state index contributed by atoms with van der Waals surface area (Å²) in [5.74, 6) is 0.398. The Morgan fingerprint density at radius 3 is 2.51 bits per heavy atom. The molecule has 1 saturated heterocycles. The van der Waals surface area contributed by atoms with Crippen LogP contribution in [0, 0.1) is 5.92 Å². The molecule has 45 heavy (non-hydrogen) atoms. The Morgan fingerprint density at radius 1 is 1.04 bits per heavy atom. The van der Waals surface area contributed by atoms with E-state index in [1.54, 1.807) is 14.0 Å². The fourth-order valence-corrected chi connectivity index (χ4v) is 7.48. The molecule has 0 bridgehead atoms. The largest absolute Gasteiger partial charge is 0.444 e. The lowest BCUT2D eigenvalue weighted by molar-refractivity contribution is 0.0224. The standard InChI is InChI=1S/C34H39IN4O3S.C2H6/c1-34(2,3)42-33(41)38-14-12-26-15-27(10-11-28(26)20-38)31-21-39(43-35)32-30(31)16-29(17-36-32)25-8-6-23(7-9-25)18-37-13-4-5-24(19-37)22-40;1-2/h6-11,15-17,21,24,40H,4-5,12-14,18-20,22H2,1-3H3;1-2H3. The Balaban J connectivity index is 0.00000196. The molecule has 1 amide bonds. The third kappa shape index (κ3) is 8.04. The molecular formula is C36H45IN4O3S. The summed E-state index contributed by atoms with van der Waals surface area (Å²) in [7, 11) is 1.62. The van der Waals surface area contributed by atoms with Gasteiger partial charge in [0, 0.05) is 92.0 Å². The van der Waals surface area contributed by atoms with Crippen LogP contribution in [0.4, 0.5) is 4.79 Å². The number of hydrogen-bond donors (Lipinski definition) is 1. The minimum atomic E-state index is -0.501. The molecule has 2 aromatic heterocycles. The molecule has 4 aromatic rings. The van der Waals surface area contributed by atoms with Crippen LogP contribution in [0.2, 0.25) is 0 Å². The molecule has 2 aliphatic rings. The van der Waals surface area contributed by atoms with E-state index in [1.165, 1.54) is 16.7 Å². The molecule has 9 heteroatoms. The van der Waals surface area contributed by atoms with Gasteiger partial charge in [0.1, 0.15) is 5.60 Å². The maximum absolute atomic E-state index is 12.7. The summed E-state index contributed by atoms with van der Waals surface area (Å²) in [6.07, 6.45) is 6.98. The number of aromatic nitrogens is 2. The first-order valence-electron chi connectivity index (χ1n) is 16.0. The number of fused-ring (bicyclic) bond motifs is 2. The van der Waals surface area contributed by atoms with Crippen molar-refractivity contribution in [3.8, 4) is 22.3 Å². The van der Waals surface area contributed by atoms with Gasteiger partial charge in [-0.15, -0.1) is 0 Å². The maximum atomic E-state index is 12.7. The number of benzene rings is 2. The molecule has 4 heterocycles. The third-order valence-electron chi connectivity index (χ3n) is 8.42. The van der Waals surface area contributed by atoms with Gasteiger partial charge >= 0.3 is 6.09 Å². The average Bonchev–Trinajstić information content (AvgIpc) is 3.43. The topological polar surface area (TPSA) is 70.8 Å². The highest BCUT2D eigenvalue weighted by Gasteiger charge is 2.26. The molecule has 1 atom stereocenters.